The molecular weight excluding hydrogens is 332 g/mol. The summed E-state index contributed by atoms with van der Waals surface area (Å²) in [5.41, 5.74) is 3.41. The summed E-state index contributed by atoms with van der Waals surface area (Å²) in [7, 11) is 0. The minimum Gasteiger partial charge on any atom is -0.306 e. The van der Waals surface area contributed by atoms with E-state index in [1.165, 1.54) is 17.2 Å². The van der Waals surface area contributed by atoms with Crippen molar-refractivity contribution in [2.75, 3.05) is 0 Å². The average molecular weight is 349 g/mol. The summed E-state index contributed by atoms with van der Waals surface area (Å²) in [6, 6.07) is 13.5. The molecule has 0 fully saturated rings. The minimum absolute atomic E-state index is 0.101. The minimum atomic E-state index is -0.377. The van der Waals surface area contributed by atoms with Crippen LogP contribution in [0.1, 0.15) is 29.7 Å². The molecule has 0 bridgehead atoms. The van der Waals surface area contributed by atoms with Crippen molar-refractivity contribution in [2.24, 2.45) is 0 Å². The Morgan fingerprint density at radius 2 is 1.90 bits per heavy atom. The number of nitro benzene ring substituents is 1. The van der Waals surface area contributed by atoms with Crippen molar-refractivity contribution in [3.05, 3.63) is 73.7 Å². The Morgan fingerprint density at radius 1 is 1.24 bits per heavy atom. The van der Waals surface area contributed by atoms with E-state index in [0.717, 1.165) is 10.0 Å². The van der Waals surface area contributed by atoms with Crippen LogP contribution in [0.3, 0.4) is 0 Å². The normalized spacial score (nSPS) is 12.1. The number of aryl methyl sites for hydroxylation is 1. The van der Waals surface area contributed by atoms with Gasteiger partial charge in [-0.1, -0.05) is 45.8 Å². The van der Waals surface area contributed by atoms with Gasteiger partial charge in [0.05, 0.1) is 4.92 Å². The molecule has 0 radical (unpaired) electrons. The number of nitrogens with zero attached hydrogens (tertiary/aromatic N) is 1. The first-order valence-electron chi connectivity index (χ1n) is 6.69. The number of rotatable bonds is 5. The van der Waals surface area contributed by atoms with E-state index in [4.69, 9.17) is 0 Å². The smallest absolute Gasteiger partial charge is 0.270 e. The molecule has 2 aromatic rings. The van der Waals surface area contributed by atoms with Gasteiger partial charge in [-0.3, -0.25) is 10.1 Å². The Bertz CT molecular complexity index is 641. The van der Waals surface area contributed by atoms with Crippen LogP contribution < -0.4 is 5.32 Å². The van der Waals surface area contributed by atoms with E-state index in [-0.39, 0.29) is 16.7 Å². The molecule has 0 unspecified atom stereocenters. The number of hydrogen-bond acceptors (Lipinski definition) is 3. The lowest BCUT2D eigenvalue weighted by Crippen LogP contribution is -2.18. The van der Waals surface area contributed by atoms with E-state index in [1.54, 1.807) is 6.07 Å². The second kappa shape index (κ2) is 6.83. The van der Waals surface area contributed by atoms with Gasteiger partial charge in [0.2, 0.25) is 0 Å². The predicted molar refractivity (Wildman–Crippen MR) is 87.2 cm³/mol. The Kier molecular flexibility index (Phi) is 5.09. The molecule has 0 saturated carbocycles. The second-order valence-electron chi connectivity index (χ2n) is 5.09. The Balaban J connectivity index is 2.05. The van der Waals surface area contributed by atoms with E-state index >= 15 is 0 Å². The van der Waals surface area contributed by atoms with Crippen LogP contribution in [0.5, 0.6) is 0 Å². The van der Waals surface area contributed by atoms with E-state index in [1.807, 2.05) is 6.07 Å². The second-order valence-corrected chi connectivity index (χ2v) is 6.00. The molecular formula is C16H17BrN2O2. The van der Waals surface area contributed by atoms with Crippen molar-refractivity contribution in [3.8, 4) is 0 Å². The highest BCUT2D eigenvalue weighted by molar-refractivity contribution is 9.10. The van der Waals surface area contributed by atoms with Crippen LogP contribution in [0.15, 0.2) is 46.9 Å². The Hall–Kier alpha value is -1.72. The summed E-state index contributed by atoms with van der Waals surface area (Å²) in [6.07, 6.45) is 0. The lowest BCUT2D eigenvalue weighted by Gasteiger charge is -2.14. The Labute approximate surface area is 132 Å². The van der Waals surface area contributed by atoms with E-state index in [2.05, 4.69) is 59.4 Å². The monoisotopic (exact) mass is 348 g/mol. The molecule has 0 heterocycles. The van der Waals surface area contributed by atoms with E-state index in [9.17, 15) is 10.1 Å². The quantitative estimate of drug-likeness (QED) is 0.638. The fourth-order valence-corrected chi connectivity index (χ4v) is 2.61. The number of halogens is 1. The molecule has 2 aromatic carbocycles. The van der Waals surface area contributed by atoms with Gasteiger partial charge in [0, 0.05) is 29.2 Å². The van der Waals surface area contributed by atoms with Crippen LogP contribution in [0.4, 0.5) is 5.69 Å². The summed E-state index contributed by atoms with van der Waals surface area (Å²) in [6.45, 7) is 4.72. The molecule has 0 aliphatic rings. The molecule has 0 spiro atoms. The molecule has 4 nitrogen and oxygen atoms in total. The van der Waals surface area contributed by atoms with Crippen LogP contribution in [-0.4, -0.2) is 4.92 Å². The first-order chi connectivity index (χ1) is 9.95. The van der Waals surface area contributed by atoms with Gasteiger partial charge >= 0.3 is 0 Å². The van der Waals surface area contributed by atoms with Gasteiger partial charge < -0.3 is 5.32 Å². The maximum absolute atomic E-state index is 10.9. The van der Waals surface area contributed by atoms with E-state index in [0.29, 0.717) is 6.54 Å². The van der Waals surface area contributed by atoms with Gasteiger partial charge in [0.25, 0.3) is 5.69 Å². The highest BCUT2D eigenvalue weighted by Gasteiger charge is 2.10. The average Bonchev–Trinajstić information content (AvgIpc) is 2.45. The molecule has 110 valence electrons. The molecule has 5 heteroatoms. The third-order valence-corrected chi connectivity index (χ3v) is 3.80. The third kappa shape index (κ3) is 4.37. The summed E-state index contributed by atoms with van der Waals surface area (Å²) >= 11 is 3.31. The molecule has 0 aliphatic carbocycles. The van der Waals surface area contributed by atoms with Gasteiger partial charge in [0.15, 0.2) is 0 Å². The van der Waals surface area contributed by atoms with Gasteiger partial charge in [-0.15, -0.1) is 0 Å². The molecule has 0 saturated heterocycles. The fraction of sp³-hybridized carbons (Fsp3) is 0.250. The number of non-ortho nitro benzene ring substituents is 1. The number of nitro groups is 1. The molecule has 0 aliphatic heterocycles. The highest BCUT2D eigenvalue weighted by atomic mass is 79.9. The van der Waals surface area contributed by atoms with Crippen LogP contribution in [0.2, 0.25) is 0 Å². The van der Waals surface area contributed by atoms with Crippen molar-refractivity contribution in [3.63, 3.8) is 0 Å². The van der Waals surface area contributed by atoms with Crippen molar-refractivity contribution < 1.29 is 4.92 Å². The summed E-state index contributed by atoms with van der Waals surface area (Å²) in [5, 5.41) is 14.2. The molecule has 1 atom stereocenters. The summed E-state index contributed by atoms with van der Waals surface area (Å²) in [4.78, 5) is 10.5. The van der Waals surface area contributed by atoms with Gasteiger partial charge in [-0.25, -0.2) is 0 Å². The van der Waals surface area contributed by atoms with Crippen molar-refractivity contribution in [2.45, 2.75) is 26.4 Å². The fourth-order valence-electron chi connectivity index (χ4n) is 2.08. The number of hydrogen-bond donors (Lipinski definition) is 1. The van der Waals surface area contributed by atoms with Crippen molar-refractivity contribution >= 4 is 21.6 Å². The zero-order valence-electron chi connectivity index (χ0n) is 12.0. The standard InChI is InChI=1S/C16H17BrN2O2/c1-11-3-5-14(6-4-11)12(2)18-10-13-7-15(17)9-16(8-13)19(20)21/h3-9,12,18H,10H2,1-2H3/t12-/m0/s1. The molecule has 1 N–H and O–H groups in total. The van der Waals surface area contributed by atoms with Crippen LogP contribution in [0.25, 0.3) is 0 Å². The van der Waals surface area contributed by atoms with Crippen LogP contribution in [-0.2, 0) is 6.54 Å². The van der Waals surface area contributed by atoms with Gasteiger partial charge in [0.1, 0.15) is 0 Å². The lowest BCUT2D eigenvalue weighted by molar-refractivity contribution is -0.385. The van der Waals surface area contributed by atoms with Crippen LogP contribution in [0, 0.1) is 17.0 Å². The third-order valence-electron chi connectivity index (χ3n) is 3.34. The Morgan fingerprint density at radius 3 is 2.52 bits per heavy atom. The van der Waals surface area contributed by atoms with Gasteiger partial charge in [-0.05, 0) is 31.0 Å². The molecule has 21 heavy (non-hydrogen) atoms. The number of benzene rings is 2. The molecule has 0 aromatic heterocycles. The SMILES string of the molecule is Cc1ccc([C@H](C)NCc2cc(Br)cc([N+](=O)[O-])c2)cc1. The summed E-state index contributed by atoms with van der Waals surface area (Å²) < 4.78 is 0.719. The first-order valence-corrected chi connectivity index (χ1v) is 7.49. The highest BCUT2D eigenvalue weighted by Crippen LogP contribution is 2.22. The first kappa shape index (κ1) is 15.7. The van der Waals surface area contributed by atoms with Crippen molar-refractivity contribution in [1.29, 1.82) is 0 Å². The number of nitrogens with one attached hydrogen (secondary N) is 1. The maximum atomic E-state index is 10.9. The zero-order valence-corrected chi connectivity index (χ0v) is 13.6. The maximum Gasteiger partial charge on any atom is 0.270 e. The van der Waals surface area contributed by atoms with E-state index < -0.39 is 0 Å². The molecule has 0 amide bonds. The summed E-state index contributed by atoms with van der Waals surface area (Å²) in [5.74, 6) is 0. The van der Waals surface area contributed by atoms with Crippen molar-refractivity contribution in [1.82, 2.24) is 5.32 Å². The van der Waals surface area contributed by atoms with Crippen LogP contribution >= 0.6 is 15.9 Å². The topological polar surface area (TPSA) is 55.2 Å². The zero-order chi connectivity index (χ0) is 15.4. The largest absolute Gasteiger partial charge is 0.306 e. The molecule has 2 rings (SSSR count). The van der Waals surface area contributed by atoms with Gasteiger partial charge in [-0.2, -0.15) is 0 Å². The predicted octanol–water partition coefficient (Wildman–Crippen LogP) is 4.52. The lowest BCUT2D eigenvalue weighted by atomic mass is 10.1.